The topological polar surface area (TPSA) is 239 Å². The fourth-order valence-corrected chi connectivity index (χ4v) is 9.52. The van der Waals surface area contributed by atoms with Gasteiger partial charge in [0.05, 0.1) is 21.5 Å². The van der Waals surface area contributed by atoms with Crippen LogP contribution in [-0.2, 0) is 49.0 Å². The van der Waals surface area contributed by atoms with Crippen molar-refractivity contribution in [1.82, 2.24) is 25.3 Å². The van der Waals surface area contributed by atoms with Gasteiger partial charge in [-0.15, -0.1) is 0 Å². The Morgan fingerprint density at radius 2 is 1.59 bits per heavy atom. The summed E-state index contributed by atoms with van der Waals surface area (Å²) in [6.07, 6.45) is 12.3. The number of nitrogens with one attached hydrogen (secondary N) is 2. The third-order valence-corrected chi connectivity index (χ3v) is 13.4. The third-order valence-electron chi connectivity index (χ3n) is 11.8. The number of H-pyrrole nitrogens is 1. The first-order chi connectivity index (χ1) is 29.8. The number of carbonyl (C=O) groups excluding carboxylic acids is 1. The van der Waals surface area contributed by atoms with Crippen LogP contribution in [0.3, 0.4) is 0 Å². The molecule has 7 rings (SSSR count). The SMILES string of the molecule is CCN1/C(=C/C=C/C=C/C2=[N+](CC)c3ccc(S(=O)(=O)[O-])cc3C2(C)C)C(C)(CCCC(=O)NCc2ccc(COc3nc(N)nc4nc[nH]c34)cc2)c2cc(S(=O)(=O)[O-])ccc21.[Na+]. The predicted molar refractivity (Wildman–Crippen MR) is 237 cm³/mol. The first kappa shape index (κ1) is 48.3. The molecule has 0 aliphatic carbocycles. The van der Waals surface area contributed by atoms with Gasteiger partial charge < -0.3 is 34.8 Å². The molecule has 0 radical (unpaired) electrons. The molecule has 0 bridgehead atoms. The van der Waals surface area contributed by atoms with Gasteiger partial charge in [0, 0.05) is 54.0 Å². The molecule has 2 aliphatic rings. The molecule has 1 unspecified atom stereocenters. The van der Waals surface area contributed by atoms with Crippen molar-refractivity contribution in [3.8, 4) is 5.88 Å². The smallest absolute Gasteiger partial charge is 0.744 e. The van der Waals surface area contributed by atoms with Gasteiger partial charge in [-0.2, -0.15) is 14.5 Å². The molecule has 0 saturated heterocycles. The van der Waals surface area contributed by atoms with Gasteiger partial charge in [-0.25, -0.2) is 21.8 Å². The Labute approximate surface area is 395 Å². The maximum absolute atomic E-state index is 13.2. The summed E-state index contributed by atoms with van der Waals surface area (Å²) in [4.78, 5) is 30.0. The second kappa shape index (κ2) is 19.1. The maximum Gasteiger partial charge on any atom is 1.00 e. The standard InChI is InChI=1S/C45H50N8O8S2.Na/c1-6-52-35-21-19-31(62(55,56)57)24-33(35)44(3,4)37(52)12-9-8-10-13-38-45(5,34-25-32(63(58,59)60)20-22-36(34)53(38)7-2)23-11-14-39(54)47-26-29-15-17-30(18-16-29)27-61-42-40-41(49-28-48-40)50-43(46)51-42;/h8-10,12-13,15-22,24-25,28H,6-7,11,14,23,26-27H2,1-5H3,(H5-,46,47,48,49,50,51,54,55,56,57,58,59,60);/q;+1/p-1. The van der Waals surface area contributed by atoms with Gasteiger partial charge in [0.1, 0.15) is 38.9 Å². The minimum atomic E-state index is -4.74. The molecule has 2 aromatic heterocycles. The number of hydrogen-bond donors (Lipinski definition) is 3. The summed E-state index contributed by atoms with van der Waals surface area (Å²) in [5, 5.41) is 2.99. The quantitative estimate of drug-likeness (QED) is 0.0559. The molecular weight excluding hydrogens is 868 g/mol. The van der Waals surface area contributed by atoms with E-state index in [0.717, 1.165) is 39.5 Å². The Kier molecular flexibility index (Phi) is 14.4. The van der Waals surface area contributed by atoms with E-state index in [1.54, 1.807) is 12.1 Å². The van der Waals surface area contributed by atoms with E-state index in [1.165, 1.54) is 30.6 Å². The first-order valence-corrected chi connectivity index (χ1v) is 23.3. The molecule has 0 spiro atoms. The zero-order valence-corrected chi connectivity index (χ0v) is 40.2. The van der Waals surface area contributed by atoms with Crippen LogP contribution in [0.25, 0.3) is 11.2 Å². The Morgan fingerprint density at radius 3 is 2.27 bits per heavy atom. The minimum Gasteiger partial charge on any atom is -0.744 e. The summed E-state index contributed by atoms with van der Waals surface area (Å²) >= 11 is 0. The van der Waals surface area contributed by atoms with Crippen molar-refractivity contribution in [3.05, 3.63) is 125 Å². The van der Waals surface area contributed by atoms with Crippen LogP contribution in [0.5, 0.6) is 5.88 Å². The Balaban J connectivity index is 0.00000680. The number of nitrogen functional groups attached to an aromatic ring is 1. The van der Waals surface area contributed by atoms with Crippen LogP contribution in [0.2, 0.25) is 0 Å². The van der Waals surface area contributed by atoms with Gasteiger partial charge in [0.2, 0.25) is 23.4 Å². The average molecular weight is 917 g/mol. The van der Waals surface area contributed by atoms with E-state index in [9.17, 15) is 30.7 Å². The van der Waals surface area contributed by atoms with Crippen molar-refractivity contribution in [2.45, 2.75) is 87.7 Å². The number of anilines is 2. The van der Waals surface area contributed by atoms with E-state index in [4.69, 9.17) is 10.5 Å². The van der Waals surface area contributed by atoms with Gasteiger partial charge in [-0.05, 0) is 101 Å². The van der Waals surface area contributed by atoms with E-state index < -0.39 is 31.1 Å². The number of amides is 1. The largest absolute Gasteiger partial charge is 1.00 e. The number of allylic oxidation sites excluding steroid dienone is 6. The Morgan fingerprint density at radius 1 is 0.922 bits per heavy atom. The fourth-order valence-electron chi connectivity index (χ4n) is 8.52. The Bertz CT molecular complexity index is 2950. The van der Waals surface area contributed by atoms with Gasteiger partial charge in [0.25, 0.3) is 0 Å². The molecule has 4 N–H and O–H groups in total. The van der Waals surface area contributed by atoms with Crippen LogP contribution in [0, 0.1) is 0 Å². The van der Waals surface area contributed by atoms with Crippen molar-refractivity contribution in [1.29, 1.82) is 0 Å². The second-order valence-electron chi connectivity index (χ2n) is 16.1. The van der Waals surface area contributed by atoms with Crippen molar-refractivity contribution >= 4 is 60.3 Å². The number of likely N-dealkylation sites (N-methyl/N-ethyl adjacent to an activating group) is 1. The monoisotopic (exact) mass is 916 g/mol. The molecule has 0 fully saturated rings. The number of aromatic nitrogens is 4. The van der Waals surface area contributed by atoms with Crippen LogP contribution in [0.1, 0.15) is 76.1 Å². The van der Waals surface area contributed by atoms with E-state index in [-0.39, 0.29) is 64.2 Å². The zero-order valence-electron chi connectivity index (χ0n) is 36.6. The molecule has 4 heterocycles. The molecule has 19 heteroatoms. The number of aromatic amines is 1. The van der Waals surface area contributed by atoms with Gasteiger partial charge in [0.15, 0.2) is 11.4 Å². The number of fused-ring (bicyclic) bond motifs is 3. The molecule has 16 nitrogen and oxygen atoms in total. The predicted octanol–water partition coefficient (Wildman–Crippen LogP) is 3.00. The van der Waals surface area contributed by atoms with Crippen LogP contribution in [-0.4, -0.2) is 75.2 Å². The van der Waals surface area contributed by atoms with Crippen LogP contribution >= 0.6 is 0 Å². The van der Waals surface area contributed by atoms with Crippen molar-refractivity contribution in [2.75, 3.05) is 23.7 Å². The van der Waals surface area contributed by atoms with Crippen molar-refractivity contribution in [3.63, 3.8) is 0 Å². The van der Waals surface area contributed by atoms with E-state index in [2.05, 4.69) is 34.7 Å². The third kappa shape index (κ3) is 9.88. The normalized spacial score (nSPS) is 17.7. The van der Waals surface area contributed by atoms with E-state index in [1.807, 2.05) is 89.3 Å². The summed E-state index contributed by atoms with van der Waals surface area (Å²) in [7, 11) is -9.36. The first-order valence-electron chi connectivity index (χ1n) is 20.5. The minimum absolute atomic E-state index is 0. The van der Waals surface area contributed by atoms with Crippen molar-refractivity contribution < 1.29 is 69.6 Å². The number of imidazole rings is 1. The summed E-state index contributed by atoms with van der Waals surface area (Å²) in [6.45, 7) is 11.7. The molecular formula is C45H49N8NaO8S2. The number of ether oxygens (including phenoxy) is 1. The number of rotatable bonds is 16. The summed E-state index contributed by atoms with van der Waals surface area (Å²) in [5.41, 5.74) is 12.1. The van der Waals surface area contributed by atoms with E-state index in [0.29, 0.717) is 55.1 Å². The van der Waals surface area contributed by atoms with Gasteiger partial charge in [-0.3, -0.25) is 4.79 Å². The second-order valence-corrected chi connectivity index (χ2v) is 18.9. The summed E-state index contributed by atoms with van der Waals surface area (Å²) < 4.78 is 80.0. The summed E-state index contributed by atoms with van der Waals surface area (Å²) in [6, 6.07) is 16.5. The molecule has 1 amide bonds. The molecule has 1 atom stereocenters. The Hall–Kier alpha value is -5.21. The fraction of sp³-hybridized carbons (Fsp3) is 0.311. The van der Waals surface area contributed by atoms with Crippen LogP contribution in [0.4, 0.5) is 17.3 Å². The molecule has 5 aromatic rings. The van der Waals surface area contributed by atoms with E-state index >= 15 is 0 Å². The summed E-state index contributed by atoms with van der Waals surface area (Å²) in [5.74, 6) is 0.212. The average Bonchev–Trinajstić information content (AvgIpc) is 3.87. The molecule has 64 heavy (non-hydrogen) atoms. The number of carbonyl (C=O) groups is 1. The van der Waals surface area contributed by atoms with Gasteiger partial charge >= 0.3 is 29.6 Å². The number of nitrogens with zero attached hydrogens (tertiary/aromatic N) is 5. The van der Waals surface area contributed by atoms with Crippen LogP contribution < -0.4 is 50.2 Å². The van der Waals surface area contributed by atoms with Gasteiger partial charge in [-0.1, -0.05) is 42.5 Å². The zero-order chi connectivity index (χ0) is 45.3. The molecule has 330 valence electrons. The van der Waals surface area contributed by atoms with Crippen molar-refractivity contribution in [2.24, 2.45) is 0 Å². The molecule has 2 aliphatic heterocycles. The molecule has 0 saturated carbocycles. The number of benzene rings is 3. The molecule has 3 aromatic carbocycles. The van der Waals surface area contributed by atoms with Crippen LogP contribution in [0.15, 0.2) is 113 Å². The number of nitrogens with two attached hydrogens (primary N) is 1. The maximum atomic E-state index is 13.2. The number of hydrogen-bond acceptors (Lipinski definition) is 13.